The van der Waals surface area contributed by atoms with Gasteiger partial charge in [-0.2, -0.15) is 0 Å². The number of hydrogen-bond acceptors (Lipinski definition) is 5. The van der Waals surface area contributed by atoms with Crippen LogP contribution in [0, 0.1) is 0 Å². The van der Waals surface area contributed by atoms with Gasteiger partial charge in [-0.3, -0.25) is 9.78 Å². The van der Waals surface area contributed by atoms with Gasteiger partial charge in [-0.05, 0) is 41.8 Å². The zero-order valence-corrected chi connectivity index (χ0v) is 13.3. The first-order chi connectivity index (χ1) is 12.2. The molecule has 0 atom stereocenters. The molecule has 0 fully saturated rings. The topological polar surface area (TPSA) is 93.8 Å². The molecule has 1 aromatic carbocycles. The predicted molar refractivity (Wildman–Crippen MR) is 96.8 cm³/mol. The van der Waals surface area contributed by atoms with Crippen molar-refractivity contribution < 1.29 is 4.79 Å². The Balaban J connectivity index is 1.62. The van der Waals surface area contributed by atoms with Gasteiger partial charge in [0.25, 0.3) is 5.91 Å². The number of carbonyl (C=O) groups is 1. The van der Waals surface area contributed by atoms with Crippen molar-refractivity contribution in [3.63, 3.8) is 0 Å². The van der Waals surface area contributed by atoms with Crippen molar-refractivity contribution in [3.05, 3.63) is 71.8 Å². The molecular formula is C19H15N5O. The summed E-state index contributed by atoms with van der Waals surface area (Å²) >= 11 is 0. The molecule has 1 aliphatic carbocycles. The molecule has 0 aliphatic heterocycles. The van der Waals surface area contributed by atoms with Crippen LogP contribution in [0.2, 0.25) is 0 Å². The van der Waals surface area contributed by atoms with Gasteiger partial charge in [0.05, 0.1) is 11.9 Å². The number of amides is 1. The summed E-state index contributed by atoms with van der Waals surface area (Å²) in [4.78, 5) is 25.1. The number of benzene rings is 1. The Morgan fingerprint density at radius 2 is 2.12 bits per heavy atom. The van der Waals surface area contributed by atoms with Gasteiger partial charge in [0.2, 0.25) is 0 Å². The molecule has 6 nitrogen and oxygen atoms in total. The van der Waals surface area contributed by atoms with Crippen LogP contribution >= 0.6 is 0 Å². The van der Waals surface area contributed by atoms with Crippen LogP contribution in [0.3, 0.4) is 0 Å². The molecule has 1 aliphatic rings. The lowest BCUT2D eigenvalue weighted by atomic mass is 10.1. The maximum atomic E-state index is 12.6. The normalized spacial score (nSPS) is 12.0. The summed E-state index contributed by atoms with van der Waals surface area (Å²) in [5.74, 6) is -0.302. The van der Waals surface area contributed by atoms with Crippen LogP contribution in [0.15, 0.2) is 55.0 Å². The number of nitrogens with one attached hydrogen (secondary N) is 1. The molecule has 0 unspecified atom stereocenters. The van der Waals surface area contributed by atoms with Crippen molar-refractivity contribution in [1.29, 1.82) is 0 Å². The minimum Gasteiger partial charge on any atom is -0.382 e. The summed E-state index contributed by atoms with van der Waals surface area (Å²) < 4.78 is 0. The maximum Gasteiger partial charge on any atom is 0.278 e. The monoisotopic (exact) mass is 329 g/mol. The molecule has 0 bridgehead atoms. The zero-order chi connectivity index (χ0) is 17.2. The highest BCUT2D eigenvalue weighted by Crippen LogP contribution is 2.24. The molecule has 3 aromatic rings. The molecule has 4 rings (SSSR count). The summed E-state index contributed by atoms with van der Waals surface area (Å²) in [6.07, 6.45) is 9.93. The third kappa shape index (κ3) is 2.97. The van der Waals surface area contributed by atoms with E-state index in [1.807, 2.05) is 30.3 Å². The Morgan fingerprint density at radius 3 is 2.96 bits per heavy atom. The summed E-state index contributed by atoms with van der Waals surface area (Å²) in [6, 6.07) is 9.46. The molecule has 2 aromatic heterocycles. The number of nitrogen functional groups attached to an aromatic ring is 1. The average molecular weight is 329 g/mol. The third-order valence-corrected chi connectivity index (χ3v) is 4.01. The highest BCUT2D eigenvalue weighted by atomic mass is 16.1. The first kappa shape index (κ1) is 15.0. The van der Waals surface area contributed by atoms with E-state index in [4.69, 9.17) is 5.73 Å². The van der Waals surface area contributed by atoms with E-state index in [0.29, 0.717) is 11.4 Å². The van der Waals surface area contributed by atoms with Crippen LogP contribution in [0.4, 0.5) is 11.5 Å². The van der Waals surface area contributed by atoms with E-state index in [9.17, 15) is 4.79 Å². The van der Waals surface area contributed by atoms with E-state index in [0.717, 1.165) is 17.5 Å². The maximum absolute atomic E-state index is 12.6. The van der Waals surface area contributed by atoms with Crippen LogP contribution < -0.4 is 11.1 Å². The summed E-state index contributed by atoms with van der Waals surface area (Å²) in [7, 11) is 0. The molecule has 0 saturated heterocycles. The number of allylic oxidation sites excluding steroid dienone is 1. The van der Waals surface area contributed by atoms with E-state index in [2.05, 4.69) is 26.3 Å². The minimum absolute atomic E-state index is 0.0891. The smallest absolute Gasteiger partial charge is 0.278 e. The number of rotatable bonds is 3. The number of anilines is 2. The van der Waals surface area contributed by atoms with Crippen molar-refractivity contribution in [3.8, 4) is 11.3 Å². The number of nitrogens with two attached hydrogens (primary N) is 1. The van der Waals surface area contributed by atoms with E-state index in [-0.39, 0.29) is 11.5 Å². The molecule has 0 radical (unpaired) electrons. The van der Waals surface area contributed by atoms with Gasteiger partial charge >= 0.3 is 0 Å². The van der Waals surface area contributed by atoms with Gasteiger partial charge in [0.1, 0.15) is 0 Å². The summed E-state index contributed by atoms with van der Waals surface area (Å²) in [5, 5.41) is 2.84. The predicted octanol–water partition coefficient (Wildman–Crippen LogP) is 2.94. The molecule has 25 heavy (non-hydrogen) atoms. The van der Waals surface area contributed by atoms with E-state index in [1.54, 1.807) is 18.5 Å². The van der Waals surface area contributed by atoms with Gasteiger partial charge in [-0.15, -0.1) is 0 Å². The second-order valence-corrected chi connectivity index (χ2v) is 5.71. The van der Waals surface area contributed by atoms with Gasteiger partial charge in [0.15, 0.2) is 11.5 Å². The Hall–Kier alpha value is -3.54. The van der Waals surface area contributed by atoms with Crippen LogP contribution in [0.1, 0.15) is 21.6 Å². The third-order valence-electron chi connectivity index (χ3n) is 4.01. The summed E-state index contributed by atoms with van der Waals surface area (Å²) in [6.45, 7) is 0. The van der Waals surface area contributed by atoms with E-state index >= 15 is 0 Å². The quantitative estimate of drug-likeness (QED) is 0.770. The van der Waals surface area contributed by atoms with Crippen molar-refractivity contribution in [2.75, 3.05) is 11.1 Å². The number of pyridine rings is 1. The van der Waals surface area contributed by atoms with E-state index in [1.165, 1.54) is 11.8 Å². The first-order valence-electron chi connectivity index (χ1n) is 7.84. The average Bonchev–Trinajstić information content (AvgIpc) is 3.10. The van der Waals surface area contributed by atoms with E-state index < -0.39 is 5.91 Å². The lowest BCUT2D eigenvalue weighted by Gasteiger charge is -2.09. The standard InChI is InChI=1S/C19H15N5O/c20-18-17(24-16(11-22-18)14-5-2-8-21-10-14)19(25)23-15-7-6-12-3-1-4-13(12)9-15/h1-2,4-11H,3H2,(H2,20,22)(H,23,25). The van der Waals surface area contributed by atoms with Crippen molar-refractivity contribution in [2.45, 2.75) is 6.42 Å². The second kappa shape index (κ2) is 6.16. The van der Waals surface area contributed by atoms with Crippen LogP contribution in [0.5, 0.6) is 0 Å². The lowest BCUT2D eigenvalue weighted by Crippen LogP contribution is -2.17. The zero-order valence-electron chi connectivity index (χ0n) is 13.3. The molecule has 6 heteroatoms. The Bertz CT molecular complexity index is 982. The molecule has 2 heterocycles. The van der Waals surface area contributed by atoms with Crippen LogP contribution in [-0.4, -0.2) is 20.9 Å². The number of carbonyl (C=O) groups excluding carboxylic acids is 1. The van der Waals surface area contributed by atoms with Gasteiger partial charge < -0.3 is 11.1 Å². The molecular weight excluding hydrogens is 314 g/mol. The molecule has 3 N–H and O–H groups in total. The van der Waals surface area contributed by atoms with Crippen molar-refractivity contribution in [2.24, 2.45) is 0 Å². The minimum atomic E-state index is -0.391. The highest BCUT2D eigenvalue weighted by Gasteiger charge is 2.16. The molecule has 122 valence electrons. The van der Waals surface area contributed by atoms with Crippen molar-refractivity contribution in [1.82, 2.24) is 15.0 Å². The number of nitrogens with zero attached hydrogens (tertiary/aromatic N) is 3. The number of hydrogen-bond donors (Lipinski definition) is 2. The van der Waals surface area contributed by atoms with Crippen LogP contribution in [0.25, 0.3) is 17.3 Å². The van der Waals surface area contributed by atoms with Gasteiger partial charge in [0, 0.05) is 23.6 Å². The van der Waals surface area contributed by atoms with Gasteiger partial charge in [-0.25, -0.2) is 9.97 Å². The Morgan fingerprint density at radius 1 is 1.20 bits per heavy atom. The Labute approximate surface area is 144 Å². The fourth-order valence-electron chi connectivity index (χ4n) is 2.74. The SMILES string of the molecule is Nc1ncc(-c2cccnc2)nc1C(=O)Nc1ccc2c(c1)C=CC2. The summed E-state index contributed by atoms with van der Waals surface area (Å²) in [5.41, 5.74) is 10.3. The molecule has 1 amide bonds. The highest BCUT2D eigenvalue weighted by molar-refractivity contribution is 6.06. The van der Waals surface area contributed by atoms with Crippen molar-refractivity contribution >= 4 is 23.5 Å². The fraction of sp³-hybridized carbons (Fsp3) is 0.0526. The number of fused-ring (bicyclic) bond motifs is 1. The number of aromatic nitrogens is 3. The molecule has 0 saturated carbocycles. The van der Waals surface area contributed by atoms with Crippen LogP contribution in [-0.2, 0) is 6.42 Å². The Kier molecular flexibility index (Phi) is 3.70. The molecule has 0 spiro atoms. The fourth-order valence-corrected chi connectivity index (χ4v) is 2.74. The lowest BCUT2D eigenvalue weighted by molar-refractivity contribution is 0.102. The van der Waals surface area contributed by atoms with Gasteiger partial charge in [-0.1, -0.05) is 18.2 Å². The first-order valence-corrected chi connectivity index (χ1v) is 7.84. The largest absolute Gasteiger partial charge is 0.382 e. The second-order valence-electron chi connectivity index (χ2n) is 5.71.